The molecule has 2 saturated heterocycles. The van der Waals surface area contributed by atoms with Crippen LogP contribution in [-0.4, -0.2) is 56.5 Å². The molecule has 126 valence electrons. The van der Waals surface area contributed by atoms with Crippen LogP contribution in [0.25, 0.3) is 0 Å². The van der Waals surface area contributed by atoms with Crippen molar-refractivity contribution in [1.82, 2.24) is 4.90 Å². The molecule has 23 heavy (non-hydrogen) atoms. The first-order chi connectivity index (χ1) is 10.9. The number of carbonyl (C=O) groups is 1. The molecule has 6 heteroatoms. The number of sulfone groups is 1. The van der Waals surface area contributed by atoms with Gasteiger partial charge < -0.3 is 9.64 Å². The van der Waals surface area contributed by atoms with Crippen molar-refractivity contribution < 1.29 is 17.9 Å². The molecule has 2 aliphatic rings. The molecule has 5 nitrogen and oxygen atoms in total. The highest BCUT2D eigenvalue weighted by molar-refractivity contribution is 7.93. The molecule has 0 bridgehead atoms. The van der Waals surface area contributed by atoms with E-state index in [9.17, 15) is 13.2 Å². The fourth-order valence-corrected chi connectivity index (χ4v) is 6.17. The zero-order chi connectivity index (χ0) is 16.7. The minimum absolute atomic E-state index is 0.0000106. The summed E-state index contributed by atoms with van der Waals surface area (Å²) in [5.74, 6) is 0.212. The number of nitrogens with zero attached hydrogens (tertiary/aromatic N) is 1. The standard InChI is InChI=1S/C17H23NO4S/c1-13-5-3-4-6-14(13)9-16(19)18-11-17(12-18)15(10-22-2)7-8-23(17,20)21/h3-6,15H,7-12H2,1-2H3/t15-/m1/s1. The Balaban J connectivity index is 1.70. The van der Waals surface area contributed by atoms with Gasteiger partial charge in [0, 0.05) is 26.1 Å². The molecule has 2 fully saturated rings. The van der Waals surface area contributed by atoms with Gasteiger partial charge in [0.1, 0.15) is 4.75 Å². The van der Waals surface area contributed by atoms with Crippen molar-refractivity contribution in [3.63, 3.8) is 0 Å². The first-order valence-electron chi connectivity index (χ1n) is 7.93. The zero-order valence-corrected chi connectivity index (χ0v) is 14.4. The fourth-order valence-electron chi connectivity index (χ4n) is 3.77. The zero-order valence-electron chi connectivity index (χ0n) is 13.6. The Labute approximate surface area is 137 Å². The highest BCUT2D eigenvalue weighted by Gasteiger charge is 2.62. The van der Waals surface area contributed by atoms with Crippen LogP contribution in [0.5, 0.6) is 0 Å². The summed E-state index contributed by atoms with van der Waals surface area (Å²) in [5, 5.41) is 0. The topological polar surface area (TPSA) is 63.7 Å². The Hall–Kier alpha value is -1.40. The van der Waals surface area contributed by atoms with E-state index in [2.05, 4.69) is 0 Å². The van der Waals surface area contributed by atoms with E-state index in [1.165, 1.54) is 0 Å². The molecule has 0 radical (unpaired) electrons. The molecule has 0 unspecified atom stereocenters. The normalized spacial score (nSPS) is 24.6. The van der Waals surface area contributed by atoms with E-state index >= 15 is 0 Å². The van der Waals surface area contributed by atoms with E-state index < -0.39 is 14.6 Å². The number of benzene rings is 1. The molecule has 1 spiro atoms. The van der Waals surface area contributed by atoms with Crippen LogP contribution in [0.1, 0.15) is 17.5 Å². The Morgan fingerprint density at radius 3 is 2.70 bits per heavy atom. The average molecular weight is 337 g/mol. The van der Waals surface area contributed by atoms with Crippen LogP contribution >= 0.6 is 0 Å². The quantitative estimate of drug-likeness (QED) is 0.828. The maximum Gasteiger partial charge on any atom is 0.227 e. The third kappa shape index (κ3) is 2.68. The summed E-state index contributed by atoms with van der Waals surface area (Å²) in [6.07, 6.45) is 0.966. The van der Waals surface area contributed by atoms with E-state index in [0.717, 1.165) is 11.1 Å². The molecule has 1 aromatic rings. The maximum absolute atomic E-state index is 12.5. The maximum atomic E-state index is 12.5. The van der Waals surface area contributed by atoms with Crippen LogP contribution in [0, 0.1) is 12.8 Å². The Bertz CT molecular complexity index is 707. The second-order valence-corrected chi connectivity index (χ2v) is 9.13. The molecule has 2 aliphatic heterocycles. The number of likely N-dealkylation sites (tertiary alicyclic amines) is 1. The Morgan fingerprint density at radius 1 is 1.35 bits per heavy atom. The van der Waals surface area contributed by atoms with Gasteiger partial charge >= 0.3 is 0 Å². The molecule has 1 aromatic carbocycles. The molecule has 1 atom stereocenters. The number of hydrogen-bond acceptors (Lipinski definition) is 4. The van der Waals surface area contributed by atoms with Gasteiger partial charge in [-0.25, -0.2) is 8.42 Å². The van der Waals surface area contributed by atoms with Crippen LogP contribution in [0.3, 0.4) is 0 Å². The molecule has 0 aromatic heterocycles. The van der Waals surface area contributed by atoms with Crippen LogP contribution in [-0.2, 0) is 25.8 Å². The SMILES string of the molecule is COC[C@H]1CCS(=O)(=O)C12CN(C(=O)Cc1ccccc1C)C2. The molecule has 1 amide bonds. The lowest BCUT2D eigenvalue weighted by molar-refractivity contribution is -0.137. The lowest BCUT2D eigenvalue weighted by Gasteiger charge is -2.49. The van der Waals surface area contributed by atoms with Gasteiger partial charge in [0.2, 0.25) is 5.91 Å². The highest BCUT2D eigenvalue weighted by Crippen LogP contribution is 2.44. The highest BCUT2D eigenvalue weighted by atomic mass is 32.2. The minimum atomic E-state index is -3.14. The number of rotatable bonds is 4. The van der Waals surface area contributed by atoms with Crippen molar-refractivity contribution in [1.29, 1.82) is 0 Å². The van der Waals surface area contributed by atoms with Crippen LogP contribution in [0.2, 0.25) is 0 Å². The van der Waals surface area contributed by atoms with Gasteiger partial charge in [-0.3, -0.25) is 4.79 Å². The number of amides is 1. The second-order valence-electron chi connectivity index (χ2n) is 6.68. The summed E-state index contributed by atoms with van der Waals surface area (Å²) in [6, 6.07) is 7.80. The first kappa shape index (κ1) is 16.5. The monoisotopic (exact) mass is 337 g/mol. The predicted octanol–water partition coefficient (Wildman–Crippen LogP) is 1.20. The van der Waals surface area contributed by atoms with Gasteiger partial charge in [0.15, 0.2) is 9.84 Å². The molecule has 0 saturated carbocycles. The van der Waals surface area contributed by atoms with Crippen molar-refractivity contribution >= 4 is 15.7 Å². The predicted molar refractivity (Wildman–Crippen MR) is 88.0 cm³/mol. The van der Waals surface area contributed by atoms with Gasteiger partial charge in [0.25, 0.3) is 0 Å². The third-order valence-electron chi connectivity index (χ3n) is 5.34. The van der Waals surface area contributed by atoms with E-state index in [4.69, 9.17) is 4.74 Å². The number of ether oxygens (including phenoxy) is 1. The largest absolute Gasteiger partial charge is 0.384 e. The molecule has 2 heterocycles. The summed E-state index contributed by atoms with van der Waals surface area (Å²) in [6.45, 7) is 3.05. The van der Waals surface area contributed by atoms with E-state index in [1.807, 2.05) is 31.2 Å². The van der Waals surface area contributed by atoms with Crippen molar-refractivity contribution in [3.8, 4) is 0 Å². The van der Waals surface area contributed by atoms with Crippen LogP contribution in [0.15, 0.2) is 24.3 Å². The summed E-state index contributed by atoms with van der Waals surface area (Å²) in [4.78, 5) is 14.1. The van der Waals surface area contributed by atoms with Crippen LogP contribution < -0.4 is 0 Å². The molecule has 0 aliphatic carbocycles. The average Bonchev–Trinajstić information content (AvgIpc) is 2.71. The summed E-state index contributed by atoms with van der Waals surface area (Å²) < 4.78 is 29.3. The number of aryl methyl sites for hydroxylation is 1. The number of hydrogen-bond donors (Lipinski definition) is 0. The second kappa shape index (κ2) is 5.91. The van der Waals surface area contributed by atoms with Gasteiger partial charge in [-0.15, -0.1) is 0 Å². The molecular weight excluding hydrogens is 314 g/mol. The van der Waals surface area contributed by atoms with Crippen molar-refractivity contribution in [2.24, 2.45) is 5.92 Å². The lowest BCUT2D eigenvalue weighted by atomic mass is 9.83. The lowest BCUT2D eigenvalue weighted by Crippen LogP contribution is -2.69. The van der Waals surface area contributed by atoms with Gasteiger partial charge in [-0.05, 0) is 24.5 Å². The fraction of sp³-hybridized carbons (Fsp3) is 0.588. The molecule has 3 rings (SSSR count). The summed E-state index contributed by atoms with van der Waals surface area (Å²) in [7, 11) is -1.55. The smallest absolute Gasteiger partial charge is 0.227 e. The van der Waals surface area contributed by atoms with Gasteiger partial charge in [-0.1, -0.05) is 24.3 Å². The first-order valence-corrected chi connectivity index (χ1v) is 9.58. The van der Waals surface area contributed by atoms with E-state index in [-0.39, 0.29) is 17.6 Å². The summed E-state index contributed by atoms with van der Waals surface area (Å²) >= 11 is 0. The molecular formula is C17H23NO4S. The number of carbonyl (C=O) groups excluding carboxylic acids is 1. The van der Waals surface area contributed by atoms with E-state index in [0.29, 0.717) is 32.5 Å². The Kier molecular flexibility index (Phi) is 4.23. The van der Waals surface area contributed by atoms with Crippen molar-refractivity contribution in [2.45, 2.75) is 24.5 Å². The van der Waals surface area contributed by atoms with Gasteiger partial charge in [0.05, 0.1) is 18.8 Å². The van der Waals surface area contributed by atoms with Crippen molar-refractivity contribution in [2.75, 3.05) is 32.6 Å². The minimum Gasteiger partial charge on any atom is -0.384 e. The third-order valence-corrected chi connectivity index (χ3v) is 7.94. The molecule has 0 N–H and O–H groups in total. The van der Waals surface area contributed by atoms with Crippen LogP contribution in [0.4, 0.5) is 0 Å². The summed E-state index contributed by atoms with van der Waals surface area (Å²) in [5.41, 5.74) is 2.09. The Morgan fingerprint density at radius 2 is 2.04 bits per heavy atom. The van der Waals surface area contributed by atoms with E-state index in [1.54, 1.807) is 12.0 Å². The number of methoxy groups -OCH3 is 1. The van der Waals surface area contributed by atoms with Gasteiger partial charge in [-0.2, -0.15) is 0 Å². The van der Waals surface area contributed by atoms with Crippen molar-refractivity contribution in [3.05, 3.63) is 35.4 Å².